The number of Topliss-reactive ketones (excluding diaryl/α,β-unsaturated/α-hetero) is 1. The molecule has 2 aromatic rings. The van der Waals surface area contributed by atoms with Gasteiger partial charge in [-0.1, -0.05) is 6.07 Å². The lowest BCUT2D eigenvalue weighted by Gasteiger charge is -2.23. The Bertz CT molecular complexity index is 828. The van der Waals surface area contributed by atoms with E-state index in [-0.39, 0.29) is 43.0 Å². The van der Waals surface area contributed by atoms with Crippen LogP contribution in [0.2, 0.25) is 0 Å². The summed E-state index contributed by atoms with van der Waals surface area (Å²) in [4.78, 5) is 25.1. The highest BCUT2D eigenvalue weighted by molar-refractivity contribution is 5.97. The molecule has 150 valence electrons. The van der Waals surface area contributed by atoms with Crippen LogP contribution in [-0.2, 0) is 11.2 Å². The van der Waals surface area contributed by atoms with Crippen molar-refractivity contribution < 1.29 is 19.1 Å². The summed E-state index contributed by atoms with van der Waals surface area (Å²) in [6.07, 6.45) is 6.03. The molecule has 0 spiro atoms. The average molecular weight is 387 g/mol. The number of piperidine rings is 1. The summed E-state index contributed by atoms with van der Waals surface area (Å²) < 4.78 is 15.3. The van der Waals surface area contributed by atoms with Gasteiger partial charge in [-0.3, -0.25) is 9.59 Å². The van der Waals surface area contributed by atoms with Gasteiger partial charge in [-0.05, 0) is 49.6 Å². The molecule has 0 unspecified atom stereocenters. The lowest BCUT2D eigenvalue weighted by atomic mass is 10.0. The summed E-state index contributed by atoms with van der Waals surface area (Å²) >= 11 is 0. The van der Waals surface area contributed by atoms with Gasteiger partial charge < -0.3 is 20.3 Å². The van der Waals surface area contributed by atoms with E-state index in [0.29, 0.717) is 23.2 Å². The number of carbonyl (C=O) groups excluding carboxylic acids is 2. The monoisotopic (exact) mass is 387 g/mol. The van der Waals surface area contributed by atoms with E-state index in [4.69, 9.17) is 5.11 Å². The number of benzene rings is 1. The molecule has 1 aromatic carbocycles. The zero-order chi connectivity index (χ0) is 19.9. The van der Waals surface area contributed by atoms with Crippen molar-refractivity contribution in [1.29, 1.82) is 0 Å². The summed E-state index contributed by atoms with van der Waals surface area (Å²) in [5, 5.41) is 15.2. The van der Waals surface area contributed by atoms with Gasteiger partial charge in [0.25, 0.3) is 5.91 Å². The molecule has 1 saturated heterocycles. The molecule has 28 heavy (non-hydrogen) atoms. The third-order valence-corrected chi connectivity index (χ3v) is 4.89. The van der Waals surface area contributed by atoms with Crippen LogP contribution >= 0.6 is 0 Å². The van der Waals surface area contributed by atoms with E-state index < -0.39 is 0 Å². The Kier molecular flexibility index (Phi) is 6.95. The Balaban J connectivity index is 1.84. The number of amides is 1. The van der Waals surface area contributed by atoms with Crippen LogP contribution in [0, 0.1) is 5.82 Å². The molecule has 1 aliphatic heterocycles. The number of rotatable bonds is 8. The molecule has 0 saturated carbocycles. The number of aromatic nitrogens is 1. The van der Waals surface area contributed by atoms with Crippen LogP contribution in [0.5, 0.6) is 0 Å². The number of nitrogens with zero attached hydrogens (tertiary/aromatic N) is 1. The summed E-state index contributed by atoms with van der Waals surface area (Å²) in [5.41, 5.74) is 1.61. The van der Waals surface area contributed by atoms with Crippen LogP contribution in [0.4, 0.5) is 4.39 Å². The van der Waals surface area contributed by atoms with Gasteiger partial charge in [0.1, 0.15) is 11.6 Å². The number of halogens is 1. The zero-order valence-electron chi connectivity index (χ0n) is 15.8. The van der Waals surface area contributed by atoms with Gasteiger partial charge in [0, 0.05) is 50.1 Å². The predicted octanol–water partition coefficient (Wildman–Crippen LogP) is 1.98. The van der Waals surface area contributed by atoms with E-state index in [1.165, 1.54) is 12.1 Å². The van der Waals surface area contributed by atoms with Crippen molar-refractivity contribution in [2.45, 2.75) is 38.1 Å². The van der Waals surface area contributed by atoms with Gasteiger partial charge in [0.05, 0.1) is 5.56 Å². The largest absolute Gasteiger partial charge is 0.396 e. The van der Waals surface area contributed by atoms with Crippen molar-refractivity contribution in [3.8, 4) is 5.69 Å². The minimum atomic E-state index is -0.369. The second kappa shape index (κ2) is 9.61. The molecule has 3 rings (SSSR count). The van der Waals surface area contributed by atoms with Crippen molar-refractivity contribution >= 4 is 11.7 Å². The molecule has 0 radical (unpaired) electrons. The maximum absolute atomic E-state index is 13.6. The predicted molar refractivity (Wildman–Crippen MR) is 104 cm³/mol. The molecule has 1 amide bonds. The minimum absolute atomic E-state index is 0.0422. The van der Waals surface area contributed by atoms with Crippen molar-refractivity contribution in [2.75, 3.05) is 19.7 Å². The van der Waals surface area contributed by atoms with Gasteiger partial charge in [-0.15, -0.1) is 0 Å². The molecule has 7 heteroatoms. The first-order valence-corrected chi connectivity index (χ1v) is 9.68. The minimum Gasteiger partial charge on any atom is -0.396 e. The summed E-state index contributed by atoms with van der Waals surface area (Å²) in [6, 6.07) is 6.13. The first-order chi connectivity index (χ1) is 13.6. The number of carbonyl (C=O) groups is 2. The Morgan fingerprint density at radius 1 is 1.32 bits per heavy atom. The Hall–Kier alpha value is -2.51. The molecule has 6 nitrogen and oxygen atoms in total. The van der Waals surface area contributed by atoms with Gasteiger partial charge >= 0.3 is 0 Å². The molecule has 0 bridgehead atoms. The average Bonchev–Trinajstić information content (AvgIpc) is 3.11. The number of hydrogen-bond acceptors (Lipinski definition) is 4. The van der Waals surface area contributed by atoms with Gasteiger partial charge in [-0.2, -0.15) is 0 Å². The smallest absolute Gasteiger partial charge is 0.253 e. The van der Waals surface area contributed by atoms with E-state index in [0.717, 1.165) is 25.9 Å². The highest BCUT2D eigenvalue weighted by Crippen LogP contribution is 2.19. The van der Waals surface area contributed by atoms with Crippen LogP contribution < -0.4 is 10.6 Å². The number of hydrogen-bond donors (Lipinski definition) is 3. The maximum Gasteiger partial charge on any atom is 0.253 e. The van der Waals surface area contributed by atoms with Crippen molar-refractivity contribution in [3.05, 3.63) is 53.6 Å². The van der Waals surface area contributed by atoms with Crippen molar-refractivity contribution in [2.24, 2.45) is 0 Å². The van der Waals surface area contributed by atoms with Crippen LogP contribution in [0.3, 0.4) is 0 Å². The SMILES string of the molecule is O=C(CCCO)Cc1cn(-c2cccc(F)c2)cc1C(=O)N[C@H]1CCCNC1. The molecule has 1 atom stereocenters. The quantitative estimate of drug-likeness (QED) is 0.647. The second-order valence-corrected chi connectivity index (χ2v) is 7.14. The van der Waals surface area contributed by atoms with Crippen LogP contribution in [0.1, 0.15) is 41.6 Å². The maximum atomic E-state index is 13.6. The fourth-order valence-corrected chi connectivity index (χ4v) is 3.44. The Morgan fingerprint density at radius 2 is 2.18 bits per heavy atom. The first kappa shape index (κ1) is 20.2. The topological polar surface area (TPSA) is 83.4 Å². The van der Waals surface area contributed by atoms with E-state index >= 15 is 0 Å². The number of ketones is 1. The summed E-state index contributed by atoms with van der Waals surface area (Å²) in [5.74, 6) is -0.640. The molecule has 3 N–H and O–H groups in total. The second-order valence-electron chi connectivity index (χ2n) is 7.14. The van der Waals surface area contributed by atoms with Gasteiger partial charge in [0.15, 0.2) is 0 Å². The standard InChI is InChI=1S/C21H26FN3O3/c22-16-4-1-6-18(11-16)25-13-15(10-19(27)7-3-9-26)20(14-25)21(28)24-17-5-2-8-23-12-17/h1,4,6,11,13-14,17,23,26H,2-3,5,7-10,12H2,(H,24,28)/t17-/m0/s1. The van der Waals surface area contributed by atoms with Crippen LogP contribution in [-0.4, -0.2) is 47.1 Å². The lowest BCUT2D eigenvalue weighted by Crippen LogP contribution is -2.45. The molecular formula is C21H26FN3O3. The molecule has 2 heterocycles. The fourth-order valence-electron chi connectivity index (χ4n) is 3.44. The highest BCUT2D eigenvalue weighted by Gasteiger charge is 2.21. The Labute approximate surface area is 163 Å². The molecule has 1 aromatic heterocycles. The normalized spacial score (nSPS) is 16.7. The number of aliphatic hydroxyl groups is 1. The third kappa shape index (κ3) is 5.27. The zero-order valence-corrected chi connectivity index (χ0v) is 15.8. The third-order valence-electron chi connectivity index (χ3n) is 4.89. The first-order valence-electron chi connectivity index (χ1n) is 9.68. The van der Waals surface area contributed by atoms with Gasteiger partial charge in [-0.25, -0.2) is 4.39 Å². The number of aliphatic hydroxyl groups excluding tert-OH is 1. The van der Waals surface area contributed by atoms with Crippen LogP contribution in [0.15, 0.2) is 36.7 Å². The van der Waals surface area contributed by atoms with Crippen molar-refractivity contribution in [3.63, 3.8) is 0 Å². The van der Waals surface area contributed by atoms with E-state index in [9.17, 15) is 14.0 Å². The molecule has 0 aliphatic carbocycles. The lowest BCUT2D eigenvalue weighted by molar-refractivity contribution is -0.118. The molecule has 1 fully saturated rings. The van der Waals surface area contributed by atoms with E-state index in [2.05, 4.69) is 10.6 Å². The number of nitrogens with one attached hydrogen (secondary N) is 2. The van der Waals surface area contributed by atoms with E-state index in [1.807, 2.05) is 0 Å². The van der Waals surface area contributed by atoms with E-state index in [1.54, 1.807) is 29.1 Å². The van der Waals surface area contributed by atoms with Crippen LogP contribution in [0.25, 0.3) is 5.69 Å². The summed E-state index contributed by atoms with van der Waals surface area (Å²) in [6.45, 7) is 1.63. The Morgan fingerprint density at radius 3 is 2.89 bits per heavy atom. The highest BCUT2D eigenvalue weighted by atomic mass is 19.1. The molecule has 1 aliphatic rings. The molecular weight excluding hydrogens is 361 g/mol. The van der Waals surface area contributed by atoms with Crippen molar-refractivity contribution in [1.82, 2.24) is 15.2 Å². The fraction of sp³-hybridized carbons (Fsp3) is 0.429. The summed E-state index contributed by atoms with van der Waals surface area (Å²) in [7, 11) is 0. The van der Waals surface area contributed by atoms with Gasteiger partial charge in [0.2, 0.25) is 0 Å².